The number of amidine groups is 3. The van der Waals surface area contributed by atoms with Crippen LogP contribution in [0.15, 0.2) is 64.8 Å². The van der Waals surface area contributed by atoms with Crippen LogP contribution in [-0.2, 0) is 19.6 Å². The standard InChI is InChI=1S/C25H39N17/c26-23(37-27)20-7-1-4-17(34-20)14-32-10-12-42(16-19-6-3-9-22(36-19)25(40-30)41-31)13-11-33-15-18-5-2-8-21(35-18)24(38-28)39-29/h1-9,32-33H,10-16,27-31H2,(H2,26,37)(H,38,39)(H,40,41). The van der Waals surface area contributed by atoms with Crippen LogP contribution in [0.4, 0.5) is 0 Å². The molecule has 0 bridgehead atoms. The van der Waals surface area contributed by atoms with E-state index in [4.69, 9.17) is 34.6 Å². The molecule has 0 radical (unpaired) electrons. The van der Waals surface area contributed by atoms with E-state index in [1.54, 1.807) is 18.2 Å². The summed E-state index contributed by atoms with van der Waals surface area (Å²) < 4.78 is 0. The Morgan fingerprint density at radius 3 is 1.60 bits per heavy atom. The SMILES string of the molecule is N=C(NN)c1cccc(CNCCN(CCNCc2cccc(/C(=N/N)NN)n2)Cc2cccc(/C(=N/N)NN)n2)n1. The van der Waals surface area contributed by atoms with Gasteiger partial charge in [-0.2, -0.15) is 10.2 Å². The van der Waals surface area contributed by atoms with E-state index in [1.165, 1.54) is 0 Å². The molecule has 0 aromatic carbocycles. The van der Waals surface area contributed by atoms with E-state index in [0.29, 0.717) is 61.5 Å². The van der Waals surface area contributed by atoms with Gasteiger partial charge in [0.15, 0.2) is 17.5 Å². The summed E-state index contributed by atoms with van der Waals surface area (Å²) in [6.45, 7) is 4.50. The first-order valence-electron chi connectivity index (χ1n) is 13.1. The number of nitrogens with one attached hydrogen (secondary N) is 6. The maximum absolute atomic E-state index is 7.82. The number of aromatic nitrogens is 3. The predicted molar refractivity (Wildman–Crippen MR) is 162 cm³/mol. The van der Waals surface area contributed by atoms with E-state index in [9.17, 15) is 0 Å². The molecular formula is C25H39N17. The Hall–Kier alpha value is -4.78. The molecule has 3 rings (SSSR count). The summed E-state index contributed by atoms with van der Waals surface area (Å²) in [4.78, 5) is 15.9. The lowest BCUT2D eigenvalue weighted by molar-refractivity contribution is 0.261. The third-order valence-corrected chi connectivity index (χ3v) is 6.05. The molecule has 0 aliphatic rings. The number of nitrogens with zero attached hydrogens (tertiary/aromatic N) is 6. The minimum absolute atomic E-state index is 0.0591. The van der Waals surface area contributed by atoms with Crippen molar-refractivity contribution >= 4 is 17.5 Å². The molecule has 17 heteroatoms. The smallest absolute Gasteiger partial charge is 0.185 e. The summed E-state index contributed by atoms with van der Waals surface area (Å²) in [5.74, 6) is 27.8. The Bertz CT molecular complexity index is 1340. The molecule has 224 valence electrons. The average Bonchev–Trinajstić information content (AvgIpc) is 3.02. The third-order valence-electron chi connectivity index (χ3n) is 6.05. The summed E-state index contributed by atoms with van der Waals surface area (Å²) in [7, 11) is 0. The van der Waals surface area contributed by atoms with Gasteiger partial charge in [0.05, 0.1) is 17.1 Å². The average molecular weight is 578 g/mol. The van der Waals surface area contributed by atoms with Crippen molar-refractivity contribution in [3.8, 4) is 0 Å². The minimum Gasteiger partial charge on any atom is -0.321 e. The van der Waals surface area contributed by atoms with E-state index in [-0.39, 0.29) is 5.84 Å². The van der Waals surface area contributed by atoms with Gasteiger partial charge >= 0.3 is 0 Å². The molecule has 0 saturated carbocycles. The van der Waals surface area contributed by atoms with Crippen molar-refractivity contribution in [2.24, 2.45) is 39.4 Å². The highest BCUT2D eigenvalue weighted by atomic mass is 15.3. The van der Waals surface area contributed by atoms with Crippen LogP contribution in [0.25, 0.3) is 0 Å². The lowest BCUT2D eigenvalue weighted by atomic mass is 10.2. The van der Waals surface area contributed by atoms with Crippen LogP contribution in [0, 0.1) is 5.41 Å². The number of nitrogens with two attached hydrogens (primary N) is 5. The first-order chi connectivity index (χ1) is 20.5. The minimum atomic E-state index is 0.0591. The van der Waals surface area contributed by atoms with Crippen molar-refractivity contribution in [1.29, 1.82) is 5.41 Å². The second-order valence-electron chi connectivity index (χ2n) is 8.94. The highest BCUT2D eigenvalue weighted by Gasteiger charge is 2.11. The predicted octanol–water partition coefficient (Wildman–Crippen LogP) is -2.79. The molecule has 3 aromatic heterocycles. The molecule has 0 aliphatic heterocycles. The van der Waals surface area contributed by atoms with Crippen LogP contribution in [0.3, 0.4) is 0 Å². The Labute approximate surface area is 243 Å². The summed E-state index contributed by atoms with van der Waals surface area (Å²) in [5, 5.41) is 21.9. The van der Waals surface area contributed by atoms with Crippen molar-refractivity contribution in [3.63, 3.8) is 0 Å². The van der Waals surface area contributed by atoms with Gasteiger partial charge in [0.1, 0.15) is 17.1 Å². The summed E-state index contributed by atoms with van der Waals surface area (Å²) >= 11 is 0. The zero-order chi connectivity index (χ0) is 30.2. The third kappa shape index (κ3) is 9.70. The molecule has 0 saturated heterocycles. The second kappa shape index (κ2) is 17.1. The van der Waals surface area contributed by atoms with Gasteiger partial charge in [-0.15, -0.1) is 0 Å². The summed E-state index contributed by atoms with van der Waals surface area (Å²) in [6, 6.07) is 16.6. The topological polar surface area (TPSA) is 281 Å². The largest absolute Gasteiger partial charge is 0.321 e. The molecule has 3 heterocycles. The monoisotopic (exact) mass is 577 g/mol. The maximum Gasteiger partial charge on any atom is 0.185 e. The molecule has 0 atom stereocenters. The Morgan fingerprint density at radius 1 is 0.667 bits per heavy atom. The highest BCUT2D eigenvalue weighted by Crippen LogP contribution is 2.05. The van der Waals surface area contributed by atoms with Crippen LogP contribution in [0.1, 0.15) is 34.2 Å². The van der Waals surface area contributed by atoms with Crippen molar-refractivity contribution in [2.75, 3.05) is 26.2 Å². The van der Waals surface area contributed by atoms with E-state index >= 15 is 0 Å². The first kappa shape index (κ1) is 31.7. The van der Waals surface area contributed by atoms with Gasteiger partial charge in [0, 0.05) is 45.8 Å². The maximum atomic E-state index is 7.82. The van der Waals surface area contributed by atoms with Crippen LogP contribution in [0.2, 0.25) is 0 Å². The van der Waals surface area contributed by atoms with Crippen LogP contribution < -0.4 is 56.1 Å². The molecule has 0 spiro atoms. The summed E-state index contributed by atoms with van der Waals surface area (Å²) in [6.07, 6.45) is 0. The molecule has 0 fully saturated rings. The zero-order valence-corrected chi connectivity index (χ0v) is 23.2. The van der Waals surface area contributed by atoms with Gasteiger partial charge in [0.25, 0.3) is 0 Å². The van der Waals surface area contributed by atoms with Gasteiger partial charge in [0.2, 0.25) is 0 Å². The molecule has 16 N–H and O–H groups in total. The lowest BCUT2D eigenvalue weighted by Gasteiger charge is -2.23. The molecule has 17 nitrogen and oxygen atoms in total. The van der Waals surface area contributed by atoms with Crippen molar-refractivity contribution in [1.82, 2.24) is 46.8 Å². The van der Waals surface area contributed by atoms with Gasteiger partial charge in [-0.3, -0.25) is 10.3 Å². The number of pyridine rings is 3. The van der Waals surface area contributed by atoms with Crippen molar-refractivity contribution in [3.05, 3.63) is 88.8 Å². The quantitative estimate of drug-likeness (QED) is 0.0286. The molecule has 0 aliphatic carbocycles. The normalized spacial score (nSPS) is 11.9. The second-order valence-corrected chi connectivity index (χ2v) is 8.94. The lowest BCUT2D eigenvalue weighted by Crippen LogP contribution is -2.37. The van der Waals surface area contributed by atoms with Gasteiger partial charge in [-0.25, -0.2) is 32.5 Å². The fourth-order valence-corrected chi connectivity index (χ4v) is 3.96. The van der Waals surface area contributed by atoms with Gasteiger partial charge in [-0.1, -0.05) is 18.2 Å². The molecule has 3 aromatic rings. The Kier molecular flexibility index (Phi) is 12.9. The summed E-state index contributed by atoms with van der Waals surface area (Å²) in [5.41, 5.74) is 11.3. The molecular weight excluding hydrogens is 538 g/mol. The van der Waals surface area contributed by atoms with Gasteiger partial charge < -0.3 is 38.6 Å². The fraction of sp³-hybridized carbons (Fsp3) is 0.280. The fourth-order valence-electron chi connectivity index (χ4n) is 3.96. The molecule has 0 amide bonds. The molecule has 0 unspecified atom stereocenters. The Morgan fingerprint density at radius 2 is 1.12 bits per heavy atom. The zero-order valence-electron chi connectivity index (χ0n) is 23.2. The number of hydrogen-bond donors (Lipinski definition) is 11. The first-order valence-corrected chi connectivity index (χ1v) is 13.1. The number of hydrogen-bond acceptors (Lipinski definition) is 14. The van der Waals surface area contributed by atoms with Crippen molar-refractivity contribution < 1.29 is 0 Å². The van der Waals surface area contributed by atoms with Crippen LogP contribution in [0.5, 0.6) is 0 Å². The van der Waals surface area contributed by atoms with E-state index in [1.807, 2.05) is 36.4 Å². The number of hydrazone groups is 2. The van der Waals surface area contributed by atoms with E-state index in [0.717, 1.165) is 30.2 Å². The number of rotatable bonds is 15. The number of hydrazine groups is 3. The van der Waals surface area contributed by atoms with Crippen LogP contribution >= 0.6 is 0 Å². The highest BCUT2D eigenvalue weighted by molar-refractivity contribution is 5.97. The Balaban J connectivity index is 1.60. The van der Waals surface area contributed by atoms with E-state index < -0.39 is 0 Å². The van der Waals surface area contributed by atoms with Gasteiger partial charge in [-0.05, 0) is 36.4 Å². The van der Waals surface area contributed by atoms with Crippen LogP contribution in [-0.4, -0.2) is 63.5 Å². The van der Waals surface area contributed by atoms with E-state index in [2.05, 4.69) is 57.0 Å². The molecule has 42 heavy (non-hydrogen) atoms. The van der Waals surface area contributed by atoms with Crippen molar-refractivity contribution in [2.45, 2.75) is 19.6 Å².